The van der Waals surface area contributed by atoms with Crippen LogP contribution in [0.25, 0.3) is 0 Å². The summed E-state index contributed by atoms with van der Waals surface area (Å²) in [5, 5.41) is 5.83. The summed E-state index contributed by atoms with van der Waals surface area (Å²) in [4.78, 5) is 27.6. The number of piperidine rings is 2. The molecule has 6 nitrogen and oxygen atoms in total. The second kappa shape index (κ2) is 10.5. The highest BCUT2D eigenvalue weighted by Gasteiger charge is 2.44. The highest BCUT2D eigenvalue weighted by Crippen LogP contribution is 2.44. The van der Waals surface area contributed by atoms with Crippen molar-refractivity contribution in [2.24, 2.45) is 11.7 Å². The van der Waals surface area contributed by atoms with Crippen molar-refractivity contribution in [3.8, 4) is 0 Å². The summed E-state index contributed by atoms with van der Waals surface area (Å²) in [6, 6.07) is 18.7. The predicted molar refractivity (Wildman–Crippen MR) is 140 cm³/mol. The molecule has 1 atom stereocenters. The summed E-state index contributed by atoms with van der Waals surface area (Å²) in [6.07, 6.45) is -1.87. The maximum atomic E-state index is 14.2. The number of hydrogen-bond donors (Lipinski definition) is 3. The number of anilines is 3. The molecule has 1 unspecified atom stereocenters. The summed E-state index contributed by atoms with van der Waals surface area (Å²) < 4.78 is 42.6. The van der Waals surface area contributed by atoms with Gasteiger partial charge in [-0.2, -0.15) is 13.2 Å². The Morgan fingerprint density at radius 1 is 0.947 bits per heavy atom. The molecule has 38 heavy (non-hydrogen) atoms. The minimum Gasteiger partial charge on any atom is -0.370 e. The van der Waals surface area contributed by atoms with Gasteiger partial charge in [0.25, 0.3) is 5.91 Å². The van der Waals surface area contributed by atoms with Crippen LogP contribution in [0.1, 0.15) is 48.4 Å². The van der Waals surface area contributed by atoms with Crippen molar-refractivity contribution >= 4 is 28.9 Å². The van der Waals surface area contributed by atoms with Crippen LogP contribution in [0.5, 0.6) is 0 Å². The van der Waals surface area contributed by atoms with Crippen molar-refractivity contribution in [1.29, 1.82) is 0 Å². The molecule has 1 aliphatic carbocycles. The number of fused-ring (bicyclic) bond motifs is 3. The van der Waals surface area contributed by atoms with Gasteiger partial charge < -0.3 is 21.3 Å². The van der Waals surface area contributed by atoms with Crippen LogP contribution >= 0.6 is 0 Å². The Labute approximate surface area is 219 Å². The molecule has 0 radical (unpaired) electrons. The largest absolute Gasteiger partial charge is 0.418 e. The van der Waals surface area contributed by atoms with Gasteiger partial charge in [-0.1, -0.05) is 42.5 Å². The second-order valence-electron chi connectivity index (χ2n) is 9.83. The molecule has 3 aliphatic rings. The van der Waals surface area contributed by atoms with Crippen molar-refractivity contribution in [3.63, 3.8) is 0 Å². The Kier molecular flexibility index (Phi) is 7.12. The Morgan fingerprint density at radius 2 is 1.68 bits per heavy atom. The smallest absolute Gasteiger partial charge is 0.370 e. The van der Waals surface area contributed by atoms with Gasteiger partial charge in [0.15, 0.2) is 0 Å². The SMILES string of the molecule is NCc1cccc(NC(C(=O)Nc2ccc(N3C(=O)C4CCC3CC4)c(C(F)(F)F)c2)c2ccccc2)c1. The van der Waals surface area contributed by atoms with Crippen molar-refractivity contribution in [1.82, 2.24) is 0 Å². The van der Waals surface area contributed by atoms with Gasteiger partial charge in [0.05, 0.1) is 11.3 Å². The summed E-state index contributed by atoms with van der Waals surface area (Å²) >= 11 is 0. The molecule has 2 aliphatic heterocycles. The van der Waals surface area contributed by atoms with E-state index in [1.807, 2.05) is 24.3 Å². The molecule has 2 bridgehead atoms. The van der Waals surface area contributed by atoms with E-state index in [2.05, 4.69) is 10.6 Å². The number of amides is 2. The zero-order valence-electron chi connectivity index (χ0n) is 20.7. The highest BCUT2D eigenvalue weighted by atomic mass is 19.4. The molecule has 2 saturated heterocycles. The minimum absolute atomic E-state index is 0.000803. The molecule has 3 fully saturated rings. The van der Waals surface area contributed by atoms with Gasteiger partial charge in [-0.3, -0.25) is 9.59 Å². The number of nitrogens with two attached hydrogens (primary N) is 1. The van der Waals surface area contributed by atoms with Gasteiger partial charge in [-0.05, 0) is 67.1 Å². The van der Waals surface area contributed by atoms with Crippen molar-refractivity contribution in [2.75, 3.05) is 15.5 Å². The number of hydrogen-bond acceptors (Lipinski definition) is 4. The normalized spacial score (nSPS) is 19.8. The highest BCUT2D eigenvalue weighted by molar-refractivity contribution is 6.00. The Morgan fingerprint density at radius 3 is 2.34 bits per heavy atom. The van der Waals surface area contributed by atoms with Crippen LogP contribution in [0, 0.1) is 5.92 Å². The first-order valence-electron chi connectivity index (χ1n) is 12.7. The number of carbonyl (C=O) groups is 2. The monoisotopic (exact) mass is 522 g/mol. The standard InChI is InChI=1S/C29H29F3N4O2/c30-29(31,32)24-16-22(11-14-25(24)36-23-12-9-20(10-13-23)28(36)38)35-27(37)26(19-6-2-1-3-7-19)34-21-8-4-5-18(15-21)17-33/h1-8,11,14-16,20,23,26,34H,9-10,12-13,17,33H2,(H,35,37). The summed E-state index contributed by atoms with van der Waals surface area (Å²) in [5.74, 6) is -0.998. The number of halogens is 3. The van der Waals surface area contributed by atoms with Crippen LogP contribution in [0.4, 0.5) is 30.2 Å². The number of benzene rings is 3. The molecule has 0 spiro atoms. The van der Waals surface area contributed by atoms with Crippen LogP contribution in [-0.4, -0.2) is 17.9 Å². The number of rotatable bonds is 7. The molecule has 9 heteroatoms. The van der Waals surface area contributed by atoms with E-state index in [-0.39, 0.29) is 29.2 Å². The van der Waals surface area contributed by atoms with Crippen LogP contribution in [-0.2, 0) is 22.3 Å². The molecular weight excluding hydrogens is 493 g/mol. The maximum absolute atomic E-state index is 14.2. The fourth-order valence-electron chi connectivity index (χ4n) is 5.44. The quantitative estimate of drug-likeness (QED) is 0.363. The molecule has 3 aromatic carbocycles. The minimum atomic E-state index is -4.70. The number of alkyl halides is 3. The zero-order chi connectivity index (χ0) is 26.9. The van der Waals surface area contributed by atoms with Gasteiger partial charge in [0.2, 0.25) is 5.91 Å². The molecule has 3 aromatic rings. The Hall–Kier alpha value is -3.85. The molecule has 2 heterocycles. The molecule has 0 aromatic heterocycles. The average molecular weight is 523 g/mol. The summed E-state index contributed by atoms with van der Waals surface area (Å²) in [5.41, 5.74) is 6.83. The van der Waals surface area contributed by atoms with Gasteiger partial charge in [0, 0.05) is 29.9 Å². The third kappa shape index (κ3) is 5.24. The lowest BCUT2D eigenvalue weighted by Crippen LogP contribution is -2.53. The average Bonchev–Trinajstić information content (AvgIpc) is 2.92. The number of nitrogens with one attached hydrogen (secondary N) is 2. The van der Waals surface area contributed by atoms with Gasteiger partial charge >= 0.3 is 6.18 Å². The van der Waals surface area contributed by atoms with Crippen molar-refractivity contribution in [3.05, 3.63) is 89.5 Å². The topological polar surface area (TPSA) is 87.5 Å². The van der Waals surface area contributed by atoms with E-state index in [9.17, 15) is 22.8 Å². The third-order valence-corrected chi connectivity index (χ3v) is 7.35. The van der Waals surface area contributed by atoms with E-state index in [0.29, 0.717) is 30.6 Å². The molecular formula is C29H29F3N4O2. The molecule has 6 rings (SSSR count). The van der Waals surface area contributed by atoms with Crippen LogP contribution in [0.15, 0.2) is 72.8 Å². The van der Waals surface area contributed by atoms with Crippen LogP contribution in [0.3, 0.4) is 0 Å². The first kappa shape index (κ1) is 25.8. The van der Waals surface area contributed by atoms with E-state index in [4.69, 9.17) is 5.73 Å². The van der Waals surface area contributed by atoms with Gasteiger partial charge in [-0.25, -0.2) is 0 Å². The molecule has 4 N–H and O–H groups in total. The Bertz CT molecular complexity index is 1320. The molecule has 1 saturated carbocycles. The molecule has 2 amide bonds. The van der Waals surface area contributed by atoms with E-state index in [1.54, 1.807) is 30.3 Å². The lowest BCUT2D eigenvalue weighted by molar-refractivity contribution is -0.137. The van der Waals surface area contributed by atoms with Gasteiger partial charge in [0.1, 0.15) is 6.04 Å². The molecule has 198 valence electrons. The lowest BCUT2D eigenvalue weighted by Gasteiger charge is -2.45. The summed E-state index contributed by atoms with van der Waals surface area (Å²) in [7, 11) is 0. The predicted octanol–water partition coefficient (Wildman–Crippen LogP) is 5.86. The zero-order valence-corrected chi connectivity index (χ0v) is 20.7. The van der Waals surface area contributed by atoms with E-state index < -0.39 is 23.7 Å². The van der Waals surface area contributed by atoms with Crippen LogP contribution < -0.4 is 21.3 Å². The summed E-state index contributed by atoms with van der Waals surface area (Å²) in [6.45, 7) is 0.325. The number of carbonyl (C=O) groups excluding carboxylic acids is 2. The first-order chi connectivity index (χ1) is 18.2. The fourth-order valence-corrected chi connectivity index (χ4v) is 5.44. The van der Waals surface area contributed by atoms with E-state index in [0.717, 1.165) is 24.5 Å². The second-order valence-corrected chi connectivity index (χ2v) is 9.83. The number of nitrogens with zero attached hydrogens (tertiary/aromatic N) is 1. The Balaban J connectivity index is 1.44. The van der Waals surface area contributed by atoms with Gasteiger partial charge in [-0.15, -0.1) is 0 Å². The maximum Gasteiger partial charge on any atom is 0.418 e. The van der Waals surface area contributed by atoms with E-state index in [1.165, 1.54) is 17.0 Å². The fraction of sp³-hybridized carbons (Fsp3) is 0.310. The van der Waals surface area contributed by atoms with Crippen molar-refractivity contribution < 1.29 is 22.8 Å². The first-order valence-corrected chi connectivity index (χ1v) is 12.7. The van der Waals surface area contributed by atoms with Crippen molar-refractivity contribution in [2.45, 2.75) is 50.5 Å². The van der Waals surface area contributed by atoms with E-state index >= 15 is 0 Å². The third-order valence-electron chi connectivity index (χ3n) is 7.35. The van der Waals surface area contributed by atoms with Crippen LogP contribution in [0.2, 0.25) is 0 Å². The lowest BCUT2D eigenvalue weighted by atomic mass is 9.78.